The molecule has 150 valence electrons. The van der Waals surface area contributed by atoms with E-state index in [0.29, 0.717) is 48.6 Å². The second kappa shape index (κ2) is 8.56. The maximum Gasteiger partial charge on any atom is 0.306 e. The summed E-state index contributed by atoms with van der Waals surface area (Å²) in [6.07, 6.45) is 0.931. The van der Waals surface area contributed by atoms with Crippen LogP contribution in [0.15, 0.2) is 36.4 Å². The number of rotatable bonds is 6. The summed E-state index contributed by atoms with van der Waals surface area (Å²) >= 11 is 0. The summed E-state index contributed by atoms with van der Waals surface area (Å²) < 4.78 is 38.9. The first-order valence-electron chi connectivity index (χ1n) is 9.08. The van der Waals surface area contributed by atoms with Crippen LogP contribution in [0.3, 0.4) is 0 Å². The number of ether oxygens (including phenoxy) is 2. The predicted octanol–water partition coefficient (Wildman–Crippen LogP) is 3.87. The Kier molecular flexibility index (Phi) is 6.14. The van der Waals surface area contributed by atoms with Crippen molar-refractivity contribution < 1.29 is 28.2 Å². The predicted molar refractivity (Wildman–Crippen MR) is 99.7 cm³/mol. The highest BCUT2D eigenvalue weighted by atomic mass is 19.1. The Bertz CT molecular complexity index is 850. The molecule has 0 amide bonds. The fourth-order valence-corrected chi connectivity index (χ4v) is 3.73. The zero-order valence-electron chi connectivity index (χ0n) is 15.8. The Morgan fingerprint density at radius 2 is 1.75 bits per heavy atom. The lowest BCUT2D eigenvalue weighted by Crippen LogP contribution is -2.39. The Balaban J connectivity index is 2.04. The zero-order valence-corrected chi connectivity index (χ0v) is 15.8. The van der Waals surface area contributed by atoms with Crippen molar-refractivity contribution in [1.29, 1.82) is 0 Å². The third-order valence-corrected chi connectivity index (χ3v) is 5.24. The van der Waals surface area contributed by atoms with Crippen LogP contribution in [-0.4, -0.2) is 43.3 Å². The van der Waals surface area contributed by atoms with Crippen molar-refractivity contribution >= 4 is 5.97 Å². The topological polar surface area (TPSA) is 59.0 Å². The van der Waals surface area contributed by atoms with Gasteiger partial charge in [0.15, 0.2) is 0 Å². The van der Waals surface area contributed by atoms with Gasteiger partial charge >= 0.3 is 5.97 Å². The molecule has 0 bridgehead atoms. The molecule has 2 aromatic rings. The largest absolute Gasteiger partial charge is 0.497 e. The molecule has 1 atom stereocenters. The van der Waals surface area contributed by atoms with Gasteiger partial charge in [-0.1, -0.05) is 6.07 Å². The van der Waals surface area contributed by atoms with Crippen molar-refractivity contribution in [3.8, 4) is 11.5 Å². The zero-order chi connectivity index (χ0) is 20.3. The van der Waals surface area contributed by atoms with E-state index in [-0.39, 0.29) is 0 Å². The quantitative estimate of drug-likeness (QED) is 0.810. The number of carboxylic acid groups (broad SMARTS) is 1. The third kappa shape index (κ3) is 4.09. The Morgan fingerprint density at radius 3 is 2.32 bits per heavy atom. The van der Waals surface area contributed by atoms with Gasteiger partial charge in [0, 0.05) is 23.3 Å². The van der Waals surface area contributed by atoms with Crippen molar-refractivity contribution in [1.82, 2.24) is 4.90 Å². The molecule has 1 aliphatic rings. The number of hydrogen-bond donors (Lipinski definition) is 1. The first-order chi connectivity index (χ1) is 13.4. The first-order valence-corrected chi connectivity index (χ1v) is 9.08. The van der Waals surface area contributed by atoms with Crippen LogP contribution in [0.4, 0.5) is 8.78 Å². The van der Waals surface area contributed by atoms with E-state index in [2.05, 4.69) is 0 Å². The summed E-state index contributed by atoms with van der Waals surface area (Å²) in [6.45, 7) is 0.960. The Hall–Kier alpha value is -2.67. The summed E-state index contributed by atoms with van der Waals surface area (Å²) in [5.41, 5.74) is 1.03. The van der Waals surface area contributed by atoms with Crippen LogP contribution in [0.25, 0.3) is 0 Å². The van der Waals surface area contributed by atoms with Gasteiger partial charge in [0.2, 0.25) is 0 Å². The molecule has 0 aromatic heterocycles. The van der Waals surface area contributed by atoms with Crippen LogP contribution < -0.4 is 9.47 Å². The van der Waals surface area contributed by atoms with Crippen LogP contribution in [0.5, 0.6) is 11.5 Å². The average molecular weight is 391 g/mol. The molecule has 1 unspecified atom stereocenters. The minimum absolute atomic E-state index is 0.318. The Morgan fingerprint density at radius 1 is 1.07 bits per heavy atom. The van der Waals surface area contributed by atoms with Crippen molar-refractivity contribution in [2.45, 2.75) is 18.9 Å². The molecule has 7 heteroatoms. The molecular formula is C21H23F2NO4. The van der Waals surface area contributed by atoms with Gasteiger partial charge in [-0.15, -0.1) is 0 Å². The normalized spacial score (nSPS) is 16.6. The van der Waals surface area contributed by atoms with E-state index < -0.39 is 29.6 Å². The fourth-order valence-electron chi connectivity index (χ4n) is 3.73. The van der Waals surface area contributed by atoms with Crippen LogP contribution in [0.1, 0.15) is 30.0 Å². The molecule has 28 heavy (non-hydrogen) atoms. The number of carboxylic acids is 1. The first kappa shape index (κ1) is 20.1. The highest BCUT2D eigenvalue weighted by Gasteiger charge is 2.33. The molecule has 1 aliphatic heterocycles. The maximum atomic E-state index is 14.7. The van der Waals surface area contributed by atoms with Crippen LogP contribution >= 0.6 is 0 Å². The number of carbonyl (C=O) groups is 1. The van der Waals surface area contributed by atoms with E-state index in [0.717, 1.165) is 6.07 Å². The SMILES string of the molecule is COc1ccc(C(c2ccc(F)cc2F)N2CCC(C(=O)O)CC2)c(OC)c1. The minimum atomic E-state index is -0.814. The van der Waals surface area contributed by atoms with Gasteiger partial charge in [0.25, 0.3) is 0 Å². The molecule has 5 nitrogen and oxygen atoms in total. The number of hydrogen-bond acceptors (Lipinski definition) is 4. The smallest absolute Gasteiger partial charge is 0.306 e. The number of likely N-dealkylation sites (tertiary alicyclic amines) is 1. The van der Waals surface area contributed by atoms with Crippen molar-refractivity contribution in [2.75, 3.05) is 27.3 Å². The minimum Gasteiger partial charge on any atom is -0.497 e. The third-order valence-electron chi connectivity index (χ3n) is 5.24. The van der Waals surface area contributed by atoms with Gasteiger partial charge in [-0.3, -0.25) is 9.69 Å². The maximum absolute atomic E-state index is 14.7. The van der Waals surface area contributed by atoms with Gasteiger partial charge in [0.05, 0.1) is 26.2 Å². The van der Waals surface area contributed by atoms with Gasteiger partial charge < -0.3 is 14.6 Å². The van der Waals surface area contributed by atoms with Gasteiger partial charge in [-0.05, 0) is 44.1 Å². The highest BCUT2D eigenvalue weighted by Crippen LogP contribution is 2.39. The molecule has 0 radical (unpaired) electrons. The lowest BCUT2D eigenvalue weighted by molar-refractivity contribution is -0.143. The van der Waals surface area contributed by atoms with E-state index in [1.54, 1.807) is 25.3 Å². The molecule has 0 saturated carbocycles. The van der Waals surface area contributed by atoms with E-state index in [4.69, 9.17) is 9.47 Å². The molecule has 1 heterocycles. The number of nitrogens with zero attached hydrogens (tertiary/aromatic N) is 1. The van der Waals surface area contributed by atoms with Crippen LogP contribution in [0, 0.1) is 17.6 Å². The van der Waals surface area contributed by atoms with Gasteiger partial charge in [0.1, 0.15) is 23.1 Å². The number of aliphatic carboxylic acids is 1. The summed E-state index contributed by atoms with van der Waals surface area (Å²) in [5.74, 6) is -1.40. The van der Waals surface area contributed by atoms with Crippen molar-refractivity contribution in [2.24, 2.45) is 5.92 Å². The monoisotopic (exact) mass is 391 g/mol. The van der Waals surface area contributed by atoms with E-state index in [9.17, 15) is 18.7 Å². The van der Waals surface area contributed by atoms with Crippen LogP contribution in [-0.2, 0) is 4.79 Å². The molecule has 0 aliphatic carbocycles. The molecule has 1 N–H and O–H groups in total. The summed E-state index contributed by atoms with van der Waals surface area (Å²) in [7, 11) is 3.06. The van der Waals surface area contributed by atoms with E-state index in [1.165, 1.54) is 19.2 Å². The highest BCUT2D eigenvalue weighted by molar-refractivity contribution is 5.70. The molecule has 2 aromatic carbocycles. The number of benzene rings is 2. The van der Waals surface area contributed by atoms with Gasteiger partial charge in [-0.2, -0.15) is 0 Å². The molecule has 1 saturated heterocycles. The summed E-state index contributed by atoms with van der Waals surface area (Å²) in [6, 6.07) is 8.27. The lowest BCUT2D eigenvalue weighted by Gasteiger charge is -2.37. The number of methoxy groups -OCH3 is 2. The molecule has 0 spiro atoms. The van der Waals surface area contributed by atoms with E-state index >= 15 is 0 Å². The average Bonchev–Trinajstić information content (AvgIpc) is 2.70. The lowest BCUT2D eigenvalue weighted by atomic mass is 9.90. The molecular weight excluding hydrogens is 368 g/mol. The Labute approximate surface area is 162 Å². The van der Waals surface area contributed by atoms with Gasteiger partial charge in [-0.25, -0.2) is 8.78 Å². The molecule has 1 fully saturated rings. The standard InChI is InChI=1S/C21H23F2NO4/c1-27-15-4-6-17(19(12-15)28-2)20(16-5-3-14(22)11-18(16)23)24-9-7-13(8-10-24)21(25)26/h3-6,11-13,20H,7-10H2,1-2H3,(H,25,26). The van der Waals surface area contributed by atoms with Crippen molar-refractivity contribution in [3.63, 3.8) is 0 Å². The second-order valence-corrected chi connectivity index (χ2v) is 6.82. The number of halogens is 2. The van der Waals surface area contributed by atoms with Crippen LogP contribution in [0.2, 0.25) is 0 Å². The number of piperidine rings is 1. The fraction of sp³-hybridized carbons (Fsp3) is 0.381. The molecule has 3 rings (SSSR count). The summed E-state index contributed by atoms with van der Waals surface area (Å²) in [5, 5.41) is 9.26. The summed E-state index contributed by atoms with van der Waals surface area (Å²) in [4.78, 5) is 13.3. The van der Waals surface area contributed by atoms with E-state index in [1.807, 2.05) is 4.90 Å². The second-order valence-electron chi connectivity index (χ2n) is 6.82. The van der Waals surface area contributed by atoms with Crippen molar-refractivity contribution in [3.05, 3.63) is 59.2 Å².